The molecular formula is C23H28O7. The second-order valence-electron chi connectivity index (χ2n) is 7.77. The summed E-state index contributed by atoms with van der Waals surface area (Å²) in [7, 11) is 1.50. The van der Waals surface area contributed by atoms with Crippen molar-refractivity contribution in [3.63, 3.8) is 0 Å². The van der Waals surface area contributed by atoms with E-state index in [1.807, 2.05) is 60.7 Å². The summed E-state index contributed by atoms with van der Waals surface area (Å²) in [6.45, 7) is 0.627. The van der Waals surface area contributed by atoms with Gasteiger partial charge in [-0.2, -0.15) is 0 Å². The first-order chi connectivity index (χ1) is 14.6. The number of hydrogen-bond acceptors (Lipinski definition) is 7. The van der Waals surface area contributed by atoms with Crippen molar-refractivity contribution in [3.05, 3.63) is 71.8 Å². The van der Waals surface area contributed by atoms with Crippen LogP contribution in [0.1, 0.15) is 11.1 Å². The molecule has 2 bridgehead atoms. The predicted molar refractivity (Wildman–Crippen MR) is 108 cm³/mol. The fourth-order valence-corrected chi connectivity index (χ4v) is 4.13. The lowest BCUT2D eigenvalue weighted by molar-refractivity contribution is -0.354. The Morgan fingerprint density at radius 1 is 0.933 bits per heavy atom. The Morgan fingerprint density at radius 2 is 1.57 bits per heavy atom. The Bertz CT molecular complexity index is 802. The van der Waals surface area contributed by atoms with Crippen molar-refractivity contribution in [1.29, 1.82) is 0 Å². The van der Waals surface area contributed by atoms with Gasteiger partial charge in [-0.25, -0.2) is 0 Å². The van der Waals surface area contributed by atoms with Crippen molar-refractivity contribution in [3.8, 4) is 0 Å². The molecule has 2 saturated heterocycles. The second kappa shape index (κ2) is 9.11. The third kappa shape index (κ3) is 4.02. The lowest BCUT2D eigenvalue weighted by atomic mass is 9.90. The lowest BCUT2D eigenvalue weighted by Crippen LogP contribution is -2.60. The zero-order valence-electron chi connectivity index (χ0n) is 17.0. The molecule has 0 spiro atoms. The summed E-state index contributed by atoms with van der Waals surface area (Å²) in [5.41, 5.74) is 0.668. The monoisotopic (exact) mass is 416 g/mol. The molecule has 2 heterocycles. The highest BCUT2D eigenvalue weighted by molar-refractivity contribution is 5.17. The SMILES string of the molecule is COC[C@@]12OC[C@@H](O)[C@@](COCc3ccccc3)(O1)[C@@H](OCc1ccccc1)[C@@H]2O. The van der Waals surface area contributed by atoms with Gasteiger partial charge in [0, 0.05) is 7.11 Å². The number of methoxy groups -OCH3 is 1. The van der Waals surface area contributed by atoms with Crippen LogP contribution in [0.4, 0.5) is 0 Å². The summed E-state index contributed by atoms with van der Waals surface area (Å²) < 4.78 is 29.2. The van der Waals surface area contributed by atoms with E-state index in [0.717, 1.165) is 11.1 Å². The topological polar surface area (TPSA) is 86.6 Å². The third-order valence-corrected chi connectivity index (χ3v) is 5.69. The molecule has 5 atom stereocenters. The van der Waals surface area contributed by atoms with Gasteiger partial charge in [0.15, 0.2) is 5.60 Å². The summed E-state index contributed by atoms with van der Waals surface area (Å²) in [4.78, 5) is 0. The first kappa shape index (κ1) is 21.4. The molecule has 2 fully saturated rings. The van der Waals surface area contributed by atoms with Gasteiger partial charge in [-0.05, 0) is 11.1 Å². The summed E-state index contributed by atoms with van der Waals surface area (Å²) in [5, 5.41) is 21.9. The predicted octanol–water partition coefficient (Wildman–Crippen LogP) is 1.65. The van der Waals surface area contributed by atoms with Crippen LogP contribution in [0.15, 0.2) is 60.7 Å². The molecule has 2 N–H and O–H groups in total. The number of aliphatic hydroxyl groups excluding tert-OH is 2. The van der Waals surface area contributed by atoms with Gasteiger partial charge in [0.1, 0.15) is 24.9 Å². The van der Waals surface area contributed by atoms with Crippen molar-refractivity contribution in [2.24, 2.45) is 0 Å². The van der Waals surface area contributed by atoms with Crippen molar-refractivity contribution < 1.29 is 33.9 Å². The van der Waals surface area contributed by atoms with E-state index in [1.54, 1.807) is 0 Å². The largest absolute Gasteiger partial charge is 0.387 e. The average Bonchev–Trinajstić information content (AvgIpc) is 2.97. The number of aliphatic hydroxyl groups is 2. The van der Waals surface area contributed by atoms with E-state index in [2.05, 4.69) is 0 Å². The molecule has 0 amide bonds. The maximum atomic E-state index is 11.1. The van der Waals surface area contributed by atoms with Gasteiger partial charge in [-0.1, -0.05) is 60.7 Å². The zero-order valence-corrected chi connectivity index (χ0v) is 17.0. The number of benzene rings is 2. The molecule has 2 aromatic rings. The minimum absolute atomic E-state index is 0.00647. The highest BCUT2D eigenvalue weighted by atomic mass is 16.8. The smallest absolute Gasteiger partial charge is 0.222 e. The minimum atomic E-state index is -1.41. The average molecular weight is 416 g/mol. The van der Waals surface area contributed by atoms with Crippen molar-refractivity contribution in [2.45, 2.75) is 42.9 Å². The molecular weight excluding hydrogens is 388 g/mol. The van der Waals surface area contributed by atoms with E-state index in [-0.39, 0.29) is 26.4 Å². The summed E-state index contributed by atoms with van der Waals surface area (Å²) in [6.07, 6.45) is -3.05. The van der Waals surface area contributed by atoms with Crippen LogP contribution in [0.25, 0.3) is 0 Å². The molecule has 30 heavy (non-hydrogen) atoms. The number of ether oxygens (including phenoxy) is 5. The van der Waals surface area contributed by atoms with Crippen LogP contribution < -0.4 is 0 Å². The first-order valence-corrected chi connectivity index (χ1v) is 10.1. The fraction of sp³-hybridized carbons (Fsp3) is 0.478. The minimum Gasteiger partial charge on any atom is -0.387 e. The molecule has 162 valence electrons. The summed E-state index contributed by atoms with van der Waals surface area (Å²) in [5.74, 6) is -1.41. The molecule has 0 unspecified atom stereocenters. The van der Waals surface area contributed by atoms with Crippen LogP contribution >= 0.6 is 0 Å². The van der Waals surface area contributed by atoms with E-state index in [0.29, 0.717) is 6.61 Å². The molecule has 2 aliphatic rings. The van der Waals surface area contributed by atoms with Gasteiger partial charge in [-0.15, -0.1) is 0 Å². The quantitative estimate of drug-likeness (QED) is 0.643. The van der Waals surface area contributed by atoms with Gasteiger partial charge in [0.2, 0.25) is 5.79 Å². The van der Waals surface area contributed by atoms with E-state index in [9.17, 15) is 10.2 Å². The molecule has 4 rings (SSSR count). The molecule has 7 nitrogen and oxygen atoms in total. The molecule has 2 aromatic carbocycles. The second-order valence-corrected chi connectivity index (χ2v) is 7.77. The Morgan fingerprint density at radius 3 is 2.20 bits per heavy atom. The normalized spacial score (nSPS) is 33.0. The standard InChI is InChI=1S/C23H28O7/c1-26-16-23-20(25)21(28-13-18-10-6-3-7-11-18)22(30-23,19(24)14-29-23)15-27-12-17-8-4-2-5-9-17/h2-11,19-21,24-25H,12-16H2,1H3/t19-,20+,21+,22-,23-/m1/s1. The van der Waals surface area contributed by atoms with Gasteiger partial charge in [0.05, 0.1) is 26.4 Å². The zero-order chi connectivity index (χ0) is 21.0. The van der Waals surface area contributed by atoms with Crippen molar-refractivity contribution >= 4 is 0 Å². The molecule has 0 saturated carbocycles. The van der Waals surface area contributed by atoms with E-state index < -0.39 is 29.7 Å². The van der Waals surface area contributed by atoms with Crippen LogP contribution in [0.2, 0.25) is 0 Å². The highest BCUT2D eigenvalue weighted by Gasteiger charge is 2.70. The van der Waals surface area contributed by atoms with Gasteiger partial charge >= 0.3 is 0 Å². The Labute approximate surface area is 176 Å². The molecule has 7 heteroatoms. The number of hydrogen-bond donors (Lipinski definition) is 2. The van der Waals surface area contributed by atoms with Crippen LogP contribution in [-0.4, -0.2) is 66.8 Å². The van der Waals surface area contributed by atoms with Gasteiger partial charge < -0.3 is 33.9 Å². The summed E-state index contributed by atoms with van der Waals surface area (Å²) >= 11 is 0. The van der Waals surface area contributed by atoms with Gasteiger partial charge in [0.25, 0.3) is 0 Å². The Hall–Kier alpha value is -1.84. The van der Waals surface area contributed by atoms with E-state index in [1.165, 1.54) is 7.11 Å². The van der Waals surface area contributed by atoms with Crippen LogP contribution in [0.5, 0.6) is 0 Å². The molecule has 0 aromatic heterocycles. The Kier molecular flexibility index (Phi) is 6.50. The highest BCUT2D eigenvalue weighted by Crippen LogP contribution is 2.47. The Balaban J connectivity index is 1.55. The lowest BCUT2D eigenvalue weighted by Gasteiger charge is -2.43. The van der Waals surface area contributed by atoms with Crippen LogP contribution in [-0.2, 0) is 36.9 Å². The van der Waals surface area contributed by atoms with Crippen LogP contribution in [0.3, 0.4) is 0 Å². The molecule has 0 radical (unpaired) electrons. The number of rotatable bonds is 9. The van der Waals surface area contributed by atoms with E-state index in [4.69, 9.17) is 23.7 Å². The molecule has 2 aliphatic heterocycles. The third-order valence-electron chi connectivity index (χ3n) is 5.69. The van der Waals surface area contributed by atoms with Crippen LogP contribution in [0, 0.1) is 0 Å². The maximum absolute atomic E-state index is 11.1. The summed E-state index contributed by atoms with van der Waals surface area (Å²) in [6, 6.07) is 19.4. The van der Waals surface area contributed by atoms with Crippen molar-refractivity contribution in [2.75, 3.05) is 26.9 Å². The van der Waals surface area contributed by atoms with Gasteiger partial charge in [-0.3, -0.25) is 0 Å². The maximum Gasteiger partial charge on any atom is 0.222 e. The van der Waals surface area contributed by atoms with E-state index >= 15 is 0 Å². The number of fused-ring (bicyclic) bond motifs is 2. The first-order valence-electron chi connectivity index (χ1n) is 10.1. The van der Waals surface area contributed by atoms with Crippen molar-refractivity contribution in [1.82, 2.24) is 0 Å². The molecule has 0 aliphatic carbocycles. The fourth-order valence-electron chi connectivity index (χ4n) is 4.13.